The molecule has 0 unspecified atom stereocenters. The molecule has 0 bridgehead atoms. The number of ether oxygens (including phenoxy) is 1. The van der Waals surface area contributed by atoms with Crippen molar-refractivity contribution in [3.05, 3.63) is 63.7 Å². The molecule has 0 aliphatic heterocycles. The summed E-state index contributed by atoms with van der Waals surface area (Å²) in [7, 11) is 0. The van der Waals surface area contributed by atoms with Gasteiger partial charge in [0.15, 0.2) is 5.78 Å². The number of rotatable bonds is 6. The topological polar surface area (TPSA) is 128 Å². The van der Waals surface area contributed by atoms with Crippen molar-refractivity contribution >= 4 is 34.8 Å². The number of anilines is 2. The van der Waals surface area contributed by atoms with Crippen LogP contribution in [-0.2, 0) is 9.53 Å². The molecular formula is C22H21N3O6. The van der Waals surface area contributed by atoms with Crippen molar-refractivity contribution in [2.24, 2.45) is 0 Å². The summed E-state index contributed by atoms with van der Waals surface area (Å²) >= 11 is 0. The van der Waals surface area contributed by atoms with Gasteiger partial charge < -0.3 is 10.1 Å². The Hall–Kier alpha value is -4.19. The van der Waals surface area contributed by atoms with Crippen molar-refractivity contribution in [2.45, 2.75) is 32.8 Å². The molecule has 0 aliphatic carbocycles. The third kappa shape index (κ3) is 6.68. The van der Waals surface area contributed by atoms with Crippen molar-refractivity contribution in [1.29, 1.82) is 0 Å². The average molecular weight is 423 g/mol. The van der Waals surface area contributed by atoms with Gasteiger partial charge >= 0.3 is 6.09 Å². The molecular weight excluding hydrogens is 402 g/mol. The number of non-ortho nitro benzene ring substituents is 1. The van der Waals surface area contributed by atoms with E-state index in [0.717, 1.165) is 6.07 Å². The summed E-state index contributed by atoms with van der Waals surface area (Å²) in [5, 5.41) is 15.9. The van der Waals surface area contributed by atoms with E-state index in [1.165, 1.54) is 24.3 Å². The van der Waals surface area contributed by atoms with Crippen LogP contribution in [0, 0.1) is 22.5 Å². The lowest BCUT2D eigenvalue weighted by molar-refractivity contribution is -0.384. The molecule has 0 aliphatic rings. The third-order valence-electron chi connectivity index (χ3n) is 3.82. The Morgan fingerprint density at radius 3 is 2.42 bits per heavy atom. The molecule has 0 saturated carbocycles. The number of hydrogen-bond acceptors (Lipinski definition) is 6. The van der Waals surface area contributed by atoms with E-state index in [-0.39, 0.29) is 28.2 Å². The SMILES string of the molecule is C#Cc1cccc(NC(=O)OC(C)(C)C)c1NC(=O)CC(=O)c1cccc([N+](=O)[O-])c1. The summed E-state index contributed by atoms with van der Waals surface area (Å²) in [6.45, 7) is 5.10. The highest BCUT2D eigenvalue weighted by atomic mass is 16.6. The monoisotopic (exact) mass is 423 g/mol. The zero-order valence-corrected chi connectivity index (χ0v) is 17.2. The molecule has 0 aromatic heterocycles. The number of nitrogens with zero attached hydrogens (tertiary/aromatic N) is 1. The molecule has 9 nitrogen and oxygen atoms in total. The number of carbonyl (C=O) groups is 3. The summed E-state index contributed by atoms with van der Waals surface area (Å²) < 4.78 is 5.20. The highest BCUT2D eigenvalue weighted by molar-refractivity contribution is 6.12. The highest BCUT2D eigenvalue weighted by Crippen LogP contribution is 2.27. The standard InChI is InChI=1S/C22H21N3O6/c1-5-14-8-7-11-17(23-21(28)31-22(2,3)4)20(14)24-19(27)13-18(26)15-9-6-10-16(12-15)25(29)30/h1,6-12H,13H2,2-4H3,(H,23,28)(H,24,27). The maximum Gasteiger partial charge on any atom is 0.412 e. The minimum absolute atomic E-state index is 0.0293. The van der Waals surface area contributed by atoms with Crippen LogP contribution in [0.3, 0.4) is 0 Å². The molecule has 0 saturated heterocycles. The maximum absolute atomic E-state index is 12.5. The van der Waals surface area contributed by atoms with Crippen LogP contribution in [0.1, 0.15) is 43.1 Å². The fourth-order valence-electron chi connectivity index (χ4n) is 2.55. The van der Waals surface area contributed by atoms with Crippen molar-refractivity contribution in [2.75, 3.05) is 10.6 Å². The largest absolute Gasteiger partial charge is 0.444 e. The first kappa shape index (κ1) is 23.1. The van der Waals surface area contributed by atoms with E-state index in [1.54, 1.807) is 32.9 Å². The number of hydrogen-bond donors (Lipinski definition) is 2. The van der Waals surface area contributed by atoms with Gasteiger partial charge in [0.1, 0.15) is 5.60 Å². The molecule has 2 amide bonds. The first-order valence-electron chi connectivity index (χ1n) is 9.17. The molecule has 2 aromatic carbocycles. The lowest BCUT2D eigenvalue weighted by atomic mass is 10.1. The van der Waals surface area contributed by atoms with Crippen LogP contribution in [0.4, 0.5) is 21.9 Å². The number of amides is 2. The maximum atomic E-state index is 12.5. The molecule has 0 radical (unpaired) electrons. The second kappa shape index (κ2) is 9.54. The molecule has 0 fully saturated rings. The van der Waals surface area contributed by atoms with Gasteiger partial charge in [0.05, 0.1) is 22.7 Å². The molecule has 0 spiro atoms. The minimum Gasteiger partial charge on any atom is -0.444 e. The van der Waals surface area contributed by atoms with E-state index < -0.39 is 34.7 Å². The Balaban J connectivity index is 2.19. The lowest BCUT2D eigenvalue weighted by Crippen LogP contribution is -2.28. The summed E-state index contributed by atoms with van der Waals surface area (Å²) in [6.07, 6.45) is 4.17. The minimum atomic E-state index is -0.746. The van der Waals surface area contributed by atoms with E-state index in [2.05, 4.69) is 16.6 Å². The van der Waals surface area contributed by atoms with Crippen LogP contribution in [-0.4, -0.2) is 28.3 Å². The summed E-state index contributed by atoms with van der Waals surface area (Å²) in [5.41, 5.74) is -0.352. The lowest BCUT2D eigenvalue weighted by Gasteiger charge is -2.21. The number of benzene rings is 2. The van der Waals surface area contributed by atoms with Gasteiger partial charge in [0.2, 0.25) is 5.91 Å². The smallest absolute Gasteiger partial charge is 0.412 e. The van der Waals surface area contributed by atoms with Gasteiger partial charge in [-0.2, -0.15) is 0 Å². The van der Waals surface area contributed by atoms with Crippen LogP contribution in [0.25, 0.3) is 0 Å². The quantitative estimate of drug-likeness (QED) is 0.236. The summed E-state index contributed by atoms with van der Waals surface area (Å²) in [6, 6.07) is 9.75. The Morgan fingerprint density at radius 1 is 1.13 bits per heavy atom. The average Bonchev–Trinajstić information content (AvgIpc) is 2.67. The predicted octanol–water partition coefficient (Wildman–Crippen LogP) is 4.13. The van der Waals surface area contributed by atoms with Gasteiger partial charge in [-0.05, 0) is 32.9 Å². The first-order valence-corrected chi connectivity index (χ1v) is 9.17. The Bertz CT molecular complexity index is 1080. The fraction of sp³-hybridized carbons (Fsp3) is 0.227. The van der Waals surface area contributed by atoms with Crippen LogP contribution in [0.5, 0.6) is 0 Å². The van der Waals surface area contributed by atoms with Crippen molar-refractivity contribution in [1.82, 2.24) is 0 Å². The molecule has 0 atom stereocenters. The van der Waals surface area contributed by atoms with Gasteiger partial charge in [-0.3, -0.25) is 25.0 Å². The second-order valence-electron chi connectivity index (χ2n) is 7.45. The second-order valence-corrected chi connectivity index (χ2v) is 7.45. The van der Waals surface area contributed by atoms with Gasteiger partial charge in [-0.15, -0.1) is 6.42 Å². The number of nitrogens with one attached hydrogen (secondary N) is 2. The molecule has 31 heavy (non-hydrogen) atoms. The number of ketones is 1. The van der Waals surface area contributed by atoms with Crippen LogP contribution in [0.2, 0.25) is 0 Å². The number of carbonyl (C=O) groups excluding carboxylic acids is 3. The molecule has 2 rings (SSSR count). The van der Waals surface area contributed by atoms with Crippen LogP contribution in [0.15, 0.2) is 42.5 Å². The predicted molar refractivity (Wildman–Crippen MR) is 115 cm³/mol. The number of para-hydroxylation sites is 1. The Labute approximate surface area is 178 Å². The molecule has 0 heterocycles. The first-order chi connectivity index (χ1) is 14.5. The zero-order valence-electron chi connectivity index (χ0n) is 17.2. The van der Waals surface area contributed by atoms with Gasteiger partial charge in [-0.1, -0.05) is 24.1 Å². The summed E-state index contributed by atoms with van der Waals surface area (Å²) in [4.78, 5) is 47.2. The van der Waals surface area contributed by atoms with Gasteiger partial charge in [-0.25, -0.2) is 4.79 Å². The van der Waals surface area contributed by atoms with Crippen molar-refractivity contribution < 1.29 is 24.0 Å². The zero-order chi connectivity index (χ0) is 23.2. The molecule has 2 N–H and O–H groups in total. The highest BCUT2D eigenvalue weighted by Gasteiger charge is 2.20. The van der Waals surface area contributed by atoms with E-state index in [9.17, 15) is 24.5 Å². The number of terminal acetylenes is 1. The molecule has 9 heteroatoms. The number of nitro groups is 1. The van der Waals surface area contributed by atoms with E-state index in [1.807, 2.05) is 0 Å². The number of nitro benzene ring substituents is 1. The Morgan fingerprint density at radius 2 is 1.81 bits per heavy atom. The molecule has 160 valence electrons. The molecule has 2 aromatic rings. The van der Waals surface area contributed by atoms with E-state index in [0.29, 0.717) is 0 Å². The van der Waals surface area contributed by atoms with Crippen molar-refractivity contribution in [3.8, 4) is 12.3 Å². The normalized spacial score (nSPS) is 10.5. The van der Waals surface area contributed by atoms with Crippen molar-refractivity contribution in [3.63, 3.8) is 0 Å². The fourth-order valence-corrected chi connectivity index (χ4v) is 2.55. The van der Waals surface area contributed by atoms with Gasteiger partial charge in [0, 0.05) is 23.3 Å². The Kier molecular flexibility index (Phi) is 7.11. The van der Waals surface area contributed by atoms with E-state index >= 15 is 0 Å². The van der Waals surface area contributed by atoms with E-state index in [4.69, 9.17) is 11.2 Å². The van der Waals surface area contributed by atoms with Crippen LogP contribution < -0.4 is 10.6 Å². The van der Waals surface area contributed by atoms with Crippen LogP contribution >= 0.6 is 0 Å². The third-order valence-corrected chi connectivity index (χ3v) is 3.82. The summed E-state index contributed by atoms with van der Waals surface area (Å²) in [5.74, 6) is 1.09. The van der Waals surface area contributed by atoms with Gasteiger partial charge in [0.25, 0.3) is 5.69 Å². The number of Topliss-reactive ketones (excluding diaryl/α,β-unsaturated/α-hetero) is 1.